The topological polar surface area (TPSA) is 51.5 Å². The number of ether oxygens (including phenoxy) is 1. The van der Waals surface area contributed by atoms with Gasteiger partial charge in [0.25, 0.3) is 5.91 Å². The molecule has 4 rings (SSSR count). The summed E-state index contributed by atoms with van der Waals surface area (Å²) in [4.78, 5) is 28.9. The van der Waals surface area contributed by atoms with Gasteiger partial charge in [-0.05, 0) is 80.1 Å². The average Bonchev–Trinajstić information content (AvgIpc) is 3.00. The van der Waals surface area contributed by atoms with Crippen LogP contribution in [0.5, 0.6) is 5.75 Å². The molecule has 0 unspecified atom stereocenters. The standard InChI is InChI=1S/C35H39BrF2N2O3/c1-4-24-16-25(5-2)18-28(17-24)40-23-32(35(42)39(6-3)29-20-26(37)19-27(38)21-29)34(41)31-13-12-30(22-33(31)40)43-15-11-9-7-8-10-14-36/h12-13,16-23H,4-11,14-15H2,1-3H3. The summed E-state index contributed by atoms with van der Waals surface area (Å²) >= 11 is 3.47. The summed E-state index contributed by atoms with van der Waals surface area (Å²) in [5.41, 5.74) is 3.21. The van der Waals surface area contributed by atoms with Crippen molar-refractivity contribution < 1.29 is 18.3 Å². The highest BCUT2D eigenvalue weighted by molar-refractivity contribution is 9.09. The third kappa shape index (κ3) is 7.91. The zero-order valence-corrected chi connectivity index (χ0v) is 26.7. The zero-order chi connectivity index (χ0) is 30.9. The first kappa shape index (κ1) is 32.4. The molecule has 0 atom stereocenters. The van der Waals surface area contributed by atoms with Crippen molar-refractivity contribution in [3.05, 3.63) is 99.3 Å². The molecule has 1 aromatic heterocycles. The Bertz CT molecular complexity index is 1590. The van der Waals surface area contributed by atoms with Gasteiger partial charge in [-0.25, -0.2) is 8.78 Å². The highest BCUT2D eigenvalue weighted by Gasteiger charge is 2.23. The fourth-order valence-electron chi connectivity index (χ4n) is 5.25. The predicted octanol–water partition coefficient (Wildman–Crippen LogP) is 8.78. The fourth-order valence-corrected chi connectivity index (χ4v) is 5.65. The number of carbonyl (C=O) groups is 1. The third-order valence-electron chi connectivity index (χ3n) is 7.61. The van der Waals surface area contributed by atoms with Crippen molar-refractivity contribution in [2.75, 3.05) is 23.4 Å². The van der Waals surface area contributed by atoms with E-state index in [1.807, 2.05) is 10.6 Å². The van der Waals surface area contributed by atoms with E-state index in [4.69, 9.17) is 4.74 Å². The Labute approximate surface area is 260 Å². The van der Waals surface area contributed by atoms with Gasteiger partial charge in [0.1, 0.15) is 22.9 Å². The number of hydrogen-bond donors (Lipinski definition) is 0. The molecule has 0 N–H and O–H groups in total. The van der Waals surface area contributed by atoms with Crippen molar-refractivity contribution in [1.82, 2.24) is 4.57 Å². The van der Waals surface area contributed by atoms with Crippen molar-refractivity contribution in [2.24, 2.45) is 0 Å². The van der Waals surface area contributed by atoms with E-state index < -0.39 is 23.0 Å². The number of aryl methyl sites for hydroxylation is 2. The lowest BCUT2D eigenvalue weighted by Gasteiger charge is -2.22. The summed E-state index contributed by atoms with van der Waals surface area (Å²) in [5.74, 6) is -1.58. The Hall–Kier alpha value is -3.52. The van der Waals surface area contributed by atoms with Crippen LogP contribution >= 0.6 is 15.9 Å². The Morgan fingerprint density at radius 1 is 0.860 bits per heavy atom. The molecule has 0 bridgehead atoms. The largest absolute Gasteiger partial charge is 0.494 e. The third-order valence-corrected chi connectivity index (χ3v) is 8.17. The van der Waals surface area contributed by atoms with Gasteiger partial charge in [-0.15, -0.1) is 0 Å². The minimum Gasteiger partial charge on any atom is -0.494 e. The number of benzene rings is 3. The molecule has 4 aromatic rings. The van der Waals surface area contributed by atoms with Crippen LogP contribution in [0.1, 0.15) is 74.4 Å². The van der Waals surface area contributed by atoms with Gasteiger partial charge in [0.15, 0.2) is 0 Å². The quantitative estimate of drug-likeness (QED) is 0.101. The Morgan fingerprint density at radius 3 is 2.14 bits per heavy atom. The van der Waals surface area contributed by atoms with Gasteiger partial charge in [-0.1, -0.05) is 55.1 Å². The maximum Gasteiger partial charge on any atom is 0.263 e. The number of alkyl halides is 1. The van der Waals surface area contributed by atoms with Crippen molar-refractivity contribution in [3.8, 4) is 11.4 Å². The van der Waals surface area contributed by atoms with E-state index >= 15 is 0 Å². The molecule has 0 aliphatic rings. The Morgan fingerprint density at radius 2 is 1.51 bits per heavy atom. The summed E-state index contributed by atoms with van der Waals surface area (Å²) in [5, 5.41) is 1.38. The van der Waals surface area contributed by atoms with Gasteiger partial charge < -0.3 is 14.2 Å². The van der Waals surface area contributed by atoms with Crippen LogP contribution in [0, 0.1) is 11.6 Å². The molecule has 0 fully saturated rings. The van der Waals surface area contributed by atoms with Crippen LogP contribution in [0.4, 0.5) is 14.5 Å². The SMILES string of the molecule is CCc1cc(CC)cc(-n2cc(C(=O)N(CC)c3cc(F)cc(F)c3)c(=O)c3ccc(OCCCCCCCBr)cc32)c1. The molecule has 0 aliphatic carbocycles. The van der Waals surface area contributed by atoms with E-state index in [2.05, 4.69) is 48.0 Å². The molecule has 0 aliphatic heterocycles. The number of unbranched alkanes of at least 4 members (excludes halogenated alkanes) is 4. The first-order valence-corrected chi connectivity index (χ1v) is 16.2. The summed E-state index contributed by atoms with van der Waals surface area (Å²) < 4.78 is 36.1. The minimum absolute atomic E-state index is 0.0493. The van der Waals surface area contributed by atoms with Gasteiger partial charge in [-0.3, -0.25) is 9.59 Å². The molecular weight excluding hydrogens is 614 g/mol. The number of rotatable bonds is 14. The van der Waals surface area contributed by atoms with Crippen LogP contribution in [-0.4, -0.2) is 29.0 Å². The van der Waals surface area contributed by atoms with Crippen LogP contribution in [-0.2, 0) is 12.8 Å². The molecule has 3 aromatic carbocycles. The number of fused-ring (bicyclic) bond motifs is 1. The highest BCUT2D eigenvalue weighted by Crippen LogP contribution is 2.26. The minimum atomic E-state index is -0.799. The number of hydrogen-bond acceptors (Lipinski definition) is 3. The van der Waals surface area contributed by atoms with Crippen molar-refractivity contribution in [1.29, 1.82) is 0 Å². The summed E-state index contributed by atoms with van der Waals surface area (Å²) in [6, 6.07) is 14.5. The molecule has 1 amide bonds. The summed E-state index contributed by atoms with van der Waals surface area (Å²) in [7, 11) is 0. The fraction of sp³-hybridized carbons (Fsp3) is 0.371. The zero-order valence-electron chi connectivity index (χ0n) is 25.1. The molecule has 0 saturated carbocycles. The van der Waals surface area contributed by atoms with Crippen molar-refractivity contribution in [2.45, 2.75) is 65.7 Å². The first-order chi connectivity index (χ1) is 20.8. The number of nitrogens with zero attached hydrogens (tertiary/aromatic N) is 2. The molecule has 5 nitrogen and oxygen atoms in total. The van der Waals surface area contributed by atoms with Crippen LogP contribution in [0.25, 0.3) is 16.6 Å². The number of aromatic nitrogens is 1. The van der Waals surface area contributed by atoms with E-state index in [-0.39, 0.29) is 17.8 Å². The number of anilines is 1. The Kier molecular flexibility index (Phi) is 11.5. The van der Waals surface area contributed by atoms with Crippen LogP contribution in [0.2, 0.25) is 0 Å². The normalized spacial score (nSPS) is 11.2. The van der Waals surface area contributed by atoms with E-state index in [9.17, 15) is 18.4 Å². The number of carbonyl (C=O) groups excluding carboxylic acids is 1. The molecule has 228 valence electrons. The second-order valence-corrected chi connectivity index (χ2v) is 11.4. The smallest absolute Gasteiger partial charge is 0.263 e. The lowest BCUT2D eigenvalue weighted by molar-refractivity contribution is 0.0987. The monoisotopic (exact) mass is 652 g/mol. The molecule has 1 heterocycles. The van der Waals surface area contributed by atoms with Gasteiger partial charge in [0, 0.05) is 47.0 Å². The number of halogens is 3. The average molecular weight is 654 g/mol. The van der Waals surface area contributed by atoms with Crippen LogP contribution in [0.3, 0.4) is 0 Å². The van der Waals surface area contributed by atoms with Crippen LogP contribution < -0.4 is 15.1 Å². The van der Waals surface area contributed by atoms with Gasteiger partial charge in [0.05, 0.1) is 12.1 Å². The molecule has 43 heavy (non-hydrogen) atoms. The molecule has 0 spiro atoms. The summed E-state index contributed by atoms with van der Waals surface area (Å²) in [6.07, 6.45) is 8.74. The predicted molar refractivity (Wildman–Crippen MR) is 174 cm³/mol. The van der Waals surface area contributed by atoms with Gasteiger partial charge in [-0.2, -0.15) is 0 Å². The van der Waals surface area contributed by atoms with E-state index in [0.29, 0.717) is 23.3 Å². The molecule has 0 radical (unpaired) electrons. The van der Waals surface area contributed by atoms with Crippen molar-refractivity contribution in [3.63, 3.8) is 0 Å². The van der Waals surface area contributed by atoms with Gasteiger partial charge >= 0.3 is 0 Å². The Balaban J connectivity index is 1.80. The van der Waals surface area contributed by atoms with E-state index in [1.165, 1.54) is 17.7 Å². The van der Waals surface area contributed by atoms with E-state index in [0.717, 1.165) is 72.4 Å². The lowest BCUT2D eigenvalue weighted by Crippen LogP contribution is -2.35. The summed E-state index contributed by atoms with van der Waals surface area (Å²) in [6.45, 7) is 6.55. The second-order valence-electron chi connectivity index (χ2n) is 10.6. The van der Waals surface area contributed by atoms with Crippen LogP contribution in [0.15, 0.2) is 65.6 Å². The van der Waals surface area contributed by atoms with E-state index in [1.54, 1.807) is 25.3 Å². The highest BCUT2D eigenvalue weighted by atomic mass is 79.9. The second kappa shape index (κ2) is 15.3. The maximum absolute atomic E-state index is 14.1. The lowest BCUT2D eigenvalue weighted by atomic mass is 10.0. The van der Waals surface area contributed by atoms with Gasteiger partial charge in [0.2, 0.25) is 5.43 Å². The molecule has 8 heteroatoms. The van der Waals surface area contributed by atoms with Crippen molar-refractivity contribution >= 4 is 38.4 Å². The maximum atomic E-state index is 14.1. The molecule has 0 saturated heterocycles. The first-order valence-electron chi connectivity index (χ1n) is 15.1. The molecular formula is C35H39BrF2N2O3. The number of pyridine rings is 1. The number of amides is 1.